The van der Waals surface area contributed by atoms with E-state index in [1.165, 1.54) is 0 Å². The molecule has 0 amide bonds. The van der Waals surface area contributed by atoms with Gasteiger partial charge in [-0.3, -0.25) is 4.90 Å². The van der Waals surface area contributed by atoms with Crippen LogP contribution in [-0.2, 0) is 22.6 Å². The topological polar surface area (TPSA) is 55.1 Å². The summed E-state index contributed by atoms with van der Waals surface area (Å²) in [6, 6.07) is 3.71. The SMILES string of the molecule is COCCCN(CCOC)Cc1ccc(CO)o1. The molecule has 5 heteroatoms. The number of aliphatic hydroxyl groups is 1. The molecule has 0 aliphatic carbocycles. The van der Waals surface area contributed by atoms with Crippen molar-refractivity contribution in [1.29, 1.82) is 0 Å². The quantitative estimate of drug-likeness (QED) is 0.639. The Morgan fingerprint density at radius 2 is 1.83 bits per heavy atom. The van der Waals surface area contributed by atoms with Crippen LogP contribution in [0.1, 0.15) is 17.9 Å². The second-order valence-electron chi connectivity index (χ2n) is 4.14. The van der Waals surface area contributed by atoms with E-state index in [4.69, 9.17) is 19.0 Å². The molecule has 1 aromatic heterocycles. The molecule has 0 unspecified atom stereocenters. The largest absolute Gasteiger partial charge is 0.462 e. The summed E-state index contributed by atoms with van der Waals surface area (Å²) in [5.41, 5.74) is 0. The average Bonchev–Trinajstić information content (AvgIpc) is 2.83. The molecular formula is C13H23NO4. The van der Waals surface area contributed by atoms with Gasteiger partial charge >= 0.3 is 0 Å². The van der Waals surface area contributed by atoms with Crippen LogP contribution in [0, 0.1) is 0 Å². The van der Waals surface area contributed by atoms with Crippen molar-refractivity contribution < 1.29 is 19.0 Å². The summed E-state index contributed by atoms with van der Waals surface area (Å²) in [5.74, 6) is 1.47. The van der Waals surface area contributed by atoms with Crippen molar-refractivity contribution in [2.24, 2.45) is 0 Å². The lowest BCUT2D eigenvalue weighted by Gasteiger charge is -2.20. The highest BCUT2D eigenvalue weighted by Crippen LogP contribution is 2.11. The molecule has 0 radical (unpaired) electrons. The molecule has 0 fully saturated rings. The highest BCUT2D eigenvalue weighted by atomic mass is 16.5. The second kappa shape index (κ2) is 9.10. The van der Waals surface area contributed by atoms with Gasteiger partial charge in [-0.15, -0.1) is 0 Å². The van der Waals surface area contributed by atoms with Crippen molar-refractivity contribution in [1.82, 2.24) is 4.90 Å². The van der Waals surface area contributed by atoms with Gasteiger partial charge in [0.15, 0.2) is 0 Å². The zero-order valence-corrected chi connectivity index (χ0v) is 11.2. The maximum Gasteiger partial charge on any atom is 0.129 e. The number of nitrogens with zero attached hydrogens (tertiary/aromatic N) is 1. The Kier molecular flexibility index (Phi) is 7.68. The Morgan fingerprint density at radius 3 is 2.44 bits per heavy atom. The van der Waals surface area contributed by atoms with E-state index in [0.717, 1.165) is 38.4 Å². The van der Waals surface area contributed by atoms with Crippen LogP contribution in [0.15, 0.2) is 16.5 Å². The fourth-order valence-electron chi connectivity index (χ4n) is 1.74. The molecular weight excluding hydrogens is 234 g/mol. The smallest absolute Gasteiger partial charge is 0.129 e. The summed E-state index contributed by atoms with van der Waals surface area (Å²) in [4.78, 5) is 2.25. The number of hydrogen-bond donors (Lipinski definition) is 1. The molecule has 0 aliphatic rings. The number of ether oxygens (including phenoxy) is 2. The van der Waals surface area contributed by atoms with Gasteiger partial charge in [0, 0.05) is 33.9 Å². The third-order valence-corrected chi connectivity index (χ3v) is 2.69. The molecule has 0 spiro atoms. The molecule has 0 aromatic carbocycles. The Labute approximate surface area is 108 Å². The first-order chi connectivity index (χ1) is 8.80. The van der Waals surface area contributed by atoms with Crippen molar-refractivity contribution in [3.05, 3.63) is 23.7 Å². The summed E-state index contributed by atoms with van der Waals surface area (Å²) in [5, 5.41) is 8.96. The highest BCUT2D eigenvalue weighted by Gasteiger charge is 2.09. The minimum absolute atomic E-state index is 0.0538. The van der Waals surface area contributed by atoms with Gasteiger partial charge in [0.2, 0.25) is 0 Å². The summed E-state index contributed by atoms with van der Waals surface area (Å²) in [6.45, 7) is 3.92. The number of hydrogen-bond acceptors (Lipinski definition) is 5. The molecule has 1 N–H and O–H groups in total. The molecule has 0 bridgehead atoms. The number of methoxy groups -OCH3 is 2. The van der Waals surface area contributed by atoms with Gasteiger partial charge in [-0.05, 0) is 18.6 Å². The van der Waals surface area contributed by atoms with E-state index in [0.29, 0.717) is 12.4 Å². The van der Waals surface area contributed by atoms with Gasteiger partial charge in [-0.2, -0.15) is 0 Å². The van der Waals surface area contributed by atoms with Crippen molar-refractivity contribution >= 4 is 0 Å². The number of furan rings is 1. The van der Waals surface area contributed by atoms with Gasteiger partial charge in [0.05, 0.1) is 13.2 Å². The van der Waals surface area contributed by atoms with Crippen LogP contribution >= 0.6 is 0 Å². The van der Waals surface area contributed by atoms with Gasteiger partial charge in [0.25, 0.3) is 0 Å². The molecule has 0 saturated heterocycles. The summed E-state index contributed by atoms with van der Waals surface area (Å²) < 4.78 is 15.6. The third-order valence-electron chi connectivity index (χ3n) is 2.69. The van der Waals surface area contributed by atoms with E-state index in [2.05, 4.69) is 4.90 Å². The van der Waals surface area contributed by atoms with Crippen molar-refractivity contribution in [3.63, 3.8) is 0 Å². The van der Waals surface area contributed by atoms with E-state index < -0.39 is 0 Å². The van der Waals surface area contributed by atoms with Gasteiger partial charge in [-0.1, -0.05) is 0 Å². The first-order valence-corrected chi connectivity index (χ1v) is 6.18. The molecule has 5 nitrogen and oxygen atoms in total. The lowest BCUT2D eigenvalue weighted by molar-refractivity contribution is 0.123. The Balaban J connectivity index is 2.42. The normalized spacial score (nSPS) is 11.3. The molecule has 0 atom stereocenters. The van der Waals surface area contributed by atoms with Gasteiger partial charge in [-0.25, -0.2) is 0 Å². The number of rotatable bonds is 10. The average molecular weight is 257 g/mol. The molecule has 0 saturated carbocycles. The van der Waals surface area contributed by atoms with Crippen LogP contribution in [0.2, 0.25) is 0 Å². The lowest BCUT2D eigenvalue weighted by Crippen LogP contribution is -2.28. The number of aliphatic hydroxyl groups excluding tert-OH is 1. The molecule has 0 aliphatic heterocycles. The summed E-state index contributed by atoms with van der Waals surface area (Å²) in [6.07, 6.45) is 0.980. The lowest BCUT2D eigenvalue weighted by atomic mass is 10.3. The Bertz CT molecular complexity index is 314. The molecule has 1 rings (SSSR count). The van der Waals surface area contributed by atoms with Gasteiger partial charge in [0.1, 0.15) is 18.1 Å². The van der Waals surface area contributed by atoms with Crippen LogP contribution in [0.3, 0.4) is 0 Å². The molecule has 18 heavy (non-hydrogen) atoms. The summed E-state index contributed by atoms with van der Waals surface area (Å²) in [7, 11) is 3.41. The highest BCUT2D eigenvalue weighted by molar-refractivity contribution is 5.06. The molecule has 104 valence electrons. The fourth-order valence-corrected chi connectivity index (χ4v) is 1.74. The first-order valence-electron chi connectivity index (χ1n) is 6.18. The monoisotopic (exact) mass is 257 g/mol. The van der Waals surface area contributed by atoms with Crippen molar-refractivity contribution in [3.8, 4) is 0 Å². The minimum atomic E-state index is -0.0538. The summed E-state index contributed by atoms with van der Waals surface area (Å²) >= 11 is 0. The Hall–Kier alpha value is -0.880. The zero-order chi connectivity index (χ0) is 13.2. The van der Waals surface area contributed by atoms with E-state index >= 15 is 0 Å². The van der Waals surface area contributed by atoms with Crippen LogP contribution in [0.4, 0.5) is 0 Å². The van der Waals surface area contributed by atoms with E-state index in [-0.39, 0.29) is 6.61 Å². The Morgan fingerprint density at radius 1 is 1.11 bits per heavy atom. The maximum absolute atomic E-state index is 8.96. The van der Waals surface area contributed by atoms with Crippen LogP contribution in [0.5, 0.6) is 0 Å². The molecule has 1 aromatic rings. The van der Waals surface area contributed by atoms with Crippen molar-refractivity contribution in [2.45, 2.75) is 19.6 Å². The zero-order valence-electron chi connectivity index (χ0n) is 11.2. The maximum atomic E-state index is 8.96. The standard InChI is InChI=1S/C13H23NO4/c1-16-8-3-6-14(7-9-17-2)10-12-4-5-13(11-15)18-12/h4-5,15H,3,6-11H2,1-2H3. The van der Waals surface area contributed by atoms with E-state index in [1.54, 1.807) is 20.3 Å². The second-order valence-corrected chi connectivity index (χ2v) is 4.14. The van der Waals surface area contributed by atoms with Crippen LogP contribution < -0.4 is 0 Å². The van der Waals surface area contributed by atoms with Crippen LogP contribution in [-0.4, -0.2) is 50.5 Å². The first kappa shape index (κ1) is 15.2. The predicted molar refractivity (Wildman–Crippen MR) is 68.3 cm³/mol. The molecule has 1 heterocycles. The van der Waals surface area contributed by atoms with E-state index in [1.807, 2.05) is 6.07 Å². The third kappa shape index (κ3) is 5.64. The van der Waals surface area contributed by atoms with E-state index in [9.17, 15) is 0 Å². The van der Waals surface area contributed by atoms with Gasteiger partial charge < -0.3 is 19.0 Å². The predicted octanol–water partition coefficient (Wildman–Crippen LogP) is 1.26. The van der Waals surface area contributed by atoms with Crippen molar-refractivity contribution in [2.75, 3.05) is 40.5 Å². The fraction of sp³-hybridized carbons (Fsp3) is 0.692. The van der Waals surface area contributed by atoms with Crippen LogP contribution in [0.25, 0.3) is 0 Å². The minimum Gasteiger partial charge on any atom is -0.462 e.